The van der Waals surface area contributed by atoms with Crippen LogP contribution in [0.2, 0.25) is 0 Å². The van der Waals surface area contributed by atoms with E-state index in [2.05, 4.69) is 39.4 Å². The highest BCUT2D eigenvalue weighted by Gasteiger charge is 2.18. The summed E-state index contributed by atoms with van der Waals surface area (Å²) < 4.78 is 0. The molecule has 1 fully saturated rings. The number of rotatable bonds is 5. The van der Waals surface area contributed by atoms with E-state index in [4.69, 9.17) is 0 Å². The fourth-order valence-electron chi connectivity index (χ4n) is 2.83. The van der Waals surface area contributed by atoms with Crippen LogP contribution in [0.1, 0.15) is 43.3 Å². The lowest BCUT2D eigenvalue weighted by molar-refractivity contribution is 0.266. The second-order valence-corrected chi connectivity index (χ2v) is 6.95. The highest BCUT2D eigenvalue weighted by molar-refractivity contribution is 7.09. The summed E-state index contributed by atoms with van der Waals surface area (Å²) in [5.74, 6) is 1.86. The van der Waals surface area contributed by atoms with Crippen LogP contribution in [-0.4, -0.2) is 42.5 Å². The number of aryl methyl sites for hydroxylation is 2. The number of hydrogen-bond acceptors (Lipinski definition) is 3. The van der Waals surface area contributed by atoms with E-state index >= 15 is 0 Å². The van der Waals surface area contributed by atoms with E-state index in [-0.39, 0.29) is 0 Å². The minimum atomic E-state index is 0.783. The van der Waals surface area contributed by atoms with Crippen LogP contribution in [0.25, 0.3) is 0 Å². The van der Waals surface area contributed by atoms with Crippen LogP contribution in [0.3, 0.4) is 0 Å². The van der Waals surface area contributed by atoms with Gasteiger partial charge in [0.2, 0.25) is 0 Å². The van der Waals surface area contributed by atoms with E-state index in [1.165, 1.54) is 30.7 Å². The molecule has 118 valence electrons. The van der Waals surface area contributed by atoms with Crippen molar-refractivity contribution in [1.29, 1.82) is 0 Å². The van der Waals surface area contributed by atoms with E-state index < -0.39 is 0 Å². The Balaban J connectivity index is 1.64. The zero-order chi connectivity index (χ0) is 15.1. The minimum absolute atomic E-state index is 0.783. The molecule has 2 heterocycles. The molecule has 1 saturated heterocycles. The molecule has 1 aromatic rings. The zero-order valence-electron chi connectivity index (χ0n) is 13.6. The smallest absolute Gasteiger partial charge is 0.193 e. The average molecular weight is 308 g/mol. The lowest BCUT2D eigenvalue weighted by atomic mass is 10.0. The average Bonchev–Trinajstić information content (AvgIpc) is 2.88. The Hall–Kier alpha value is -1.10. The van der Waals surface area contributed by atoms with Gasteiger partial charge >= 0.3 is 0 Å². The molecule has 1 atom stereocenters. The topological polar surface area (TPSA) is 40.5 Å². The summed E-state index contributed by atoms with van der Waals surface area (Å²) in [5, 5.41) is 6.91. The Morgan fingerprint density at radius 2 is 2.38 bits per heavy atom. The quantitative estimate of drug-likeness (QED) is 0.516. The van der Waals surface area contributed by atoms with Crippen LogP contribution < -0.4 is 5.32 Å². The molecule has 21 heavy (non-hydrogen) atoms. The number of nitrogens with zero attached hydrogens (tertiary/aromatic N) is 3. The molecule has 0 saturated carbocycles. The SMILES string of the molecule is CN=C(NCCCCc1nc(C)cs1)N1CCCC(C)C1. The van der Waals surface area contributed by atoms with Gasteiger partial charge in [-0.2, -0.15) is 0 Å². The molecule has 1 aliphatic rings. The van der Waals surface area contributed by atoms with Gasteiger partial charge in [0.1, 0.15) is 0 Å². The molecular formula is C16H28N4S. The molecule has 4 nitrogen and oxygen atoms in total. The number of guanidine groups is 1. The minimum Gasteiger partial charge on any atom is -0.356 e. The number of piperidine rings is 1. The van der Waals surface area contributed by atoms with E-state index in [1.807, 2.05) is 7.05 Å². The first-order valence-electron chi connectivity index (χ1n) is 8.05. The first-order chi connectivity index (χ1) is 10.2. The van der Waals surface area contributed by atoms with Gasteiger partial charge in [-0.1, -0.05) is 6.92 Å². The maximum Gasteiger partial charge on any atom is 0.193 e. The molecule has 1 unspecified atom stereocenters. The van der Waals surface area contributed by atoms with Gasteiger partial charge in [0, 0.05) is 37.8 Å². The number of unbranched alkanes of at least 4 members (excludes halogenated alkanes) is 1. The normalized spacial score (nSPS) is 19.9. The van der Waals surface area contributed by atoms with Crippen molar-refractivity contribution >= 4 is 17.3 Å². The largest absolute Gasteiger partial charge is 0.356 e. The summed E-state index contributed by atoms with van der Waals surface area (Å²) in [6.07, 6.45) is 6.08. The van der Waals surface area contributed by atoms with Crippen molar-refractivity contribution in [2.24, 2.45) is 10.9 Å². The van der Waals surface area contributed by atoms with E-state index in [1.54, 1.807) is 11.3 Å². The van der Waals surface area contributed by atoms with Gasteiger partial charge in [-0.05, 0) is 44.9 Å². The van der Waals surface area contributed by atoms with E-state index in [0.29, 0.717) is 0 Å². The standard InChI is InChI=1S/C16H28N4S/c1-13-7-6-10-20(11-13)16(17-3)18-9-5-4-8-15-19-14(2)12-21-15/h12-13H,4-11H2,1-3H3,(H,17,18). The number of hydrogen-bond donors (Lipinski definition) is 1. The lowest BCUT2D eigenvalue weighted by Gasteiger charge is -2.33. The van der Waals surface area contributed by atoms with Crippen molar-refractivity contribution < 1.29 is 0 Å². The van der Waals surface area contributed by atoms with Crippen molar-refractivity contribution in [3.63, 3.8) is 0 Å². The number of thiazole rings is 1. The summed E-state index contributed by atoms with van der Waals surface area (Å²) in [7, 11) is 1.89. The fourth-order valence-corrected chi connectivity index (χ4v) is 3.65. The number of aliphatic imine (C=N–C) groups is 1. The van der Waals surface area contributed by atoms with Crippen LogP contribution in [-0.2, 0) is 6.42 Å². The maximum absolute atomic E-state index is 4.51. The van der Waals surface area contributed by atoms with Crippen LogP contribution >= 0.6 is 11.3 Å². The van der Waals surface area contributed by atoms with Gasteiger partial charge < -0.3 is 10.2 Å². The highest BCUT2D eigenvalue weighted by atomic mass is 32.1. The third-order valence-corrected chi connectivity index (χ3v) is 4.96. The molecule has 1 aromatic heterocycles. The van der Waals surface area contributed by atoms with E-state index in [9.17, 15) is 0 Å². The van der Waals surface area contributed by atoms with Crippen LogP contribution in [0, 0.1) is 12.8 Å². The number of aromatic nitrogens is 1. The monoisotopic (exact) mass is 308 g/mol. The van der Waals surface area contributed by atoms with Crippen molar-refractivity contribution in [3.8, 4) is 0 Å². The fraction of sp³-hybridized carbons (Fsp3) is 0.750. The van der Waals surface area contributed by atoms with Gasteiger partial charge in [-0.25, -0.2) is 4.98 Å². The summed E-state index contributed by atoms with van der Waals surface area (Å²) in [6.45, 7) is 7.67. The van der Waals surface area contributed by atoms with Gasteiger partial charge in [-0.3, -0.25) is 4.99 Å². The number of nitrogens with one attached hydrogen (secondary N) is 1. The molecule has 0 bridgehead atoms. The Bertz CT molecular complexity index is 455. The van der Waals surface area contributed by atoms with Gasteiger partial charge in [0.15, 0.2) is 5.96 Å². The maximum atomic E-state index is 4.51. The van der Waals surface area contributed by atoms with Gasteiger partial charge in [-0.15, -0.1) is 11.3 Å². The van der Waals surface area contributed by atoms with Crippen LogP contribution in [0.4, 0.5) is 0 Å². The molecule has 5 heteroatoms. The highest BCUT2D eigenvalue weighted by Crippen LogP contribution is 2.15. The van der Waals surface area contributed by atoms with Crippen molar-refractivity contribution in [2.45, 2.75) is 46.0 Å². The van der Waals surface area contributed by atoms with Crippen molar-refractivity contribution in [2.75, 3.05) is 26.7 Å². The molecule has 0 aromatic carbocycles. The molecule has 0 spiro atoms. The summed E-state index contributed by atoms with van der Waals surface area (Å²) in [5.41, 5.74) is 1.15. The molecule has 0 radical (unpaired) electrons. The number of likely N-dealkylation sites (tertiary alicyclic amines) is 1. The predicted octanol–water partition coefficient (Wildman–Crippen LogP) is 3.08. The van der Waals surface area contributed by atoms with Crippen molar-refractivity contribution in [1.82, 2.24) is 15.2 Å². The molecule has 0 aliphatic carbocycles. The summed E-state index contributed by atoms with van der Waals surface area (Å²) in [4.78, 5) is 11.3. The summed E-state index contributed by atoms with van der Waals surface area (Å²) >= 11 is 1.78. The van der Waals surface area contributed by atoms with Crippen molar-refractivity contribution in [3.05, 3.63) is 16.1 Å². The molecule has 0 amide bonds. The Morgan fingerprint density at radius 3 is 3.05 bits per heavy atom. The second-order valence-electron chi connectivity index (χ2n) is 6.01. The molecule has 1 aliphatic heterocycles. The second kappa shape index (κ2) is 8.37. The molecule has 1 N–H and O–H groups in total. The first-order valence-corrected chi connectivity index (χ1v) is 8.93. The van der Waals surface area contributed by atoms with Crippen LogP contribution in [0.15, 0.2) is 10.4 Å². The Labute approximate surface area is 132 Å². The lowest BCUT2D eigenvalue weighted by Crippen LogP contribution is -2.46. The molecule has 2 rings (SSSR count). The summed E-state index contributed by atoms with van der Waals surface area (Å²) in [6, 6.07) is 0. The third-order valence-electron chi connectivity index (χ3n) is 3.94. The Morgan fingerprint density at radius 1 is 1.52 bits per heavy atom. The molecular weight excluding hydrogens is 280 g/mol. The van der Waals surface area contributed by atoms with Crippen LogP contribution in [0.5, 0.6) is 0 Å². The zero-order valence-corrected chi connectivity index (χ0v) is 14.4. The Kier molecular flexibility index (Phi) is 6.49. The van der Waals surface area contributed by atoms with Gasteiger partial charge in [0.25, 0.3) is 0 Å². The third kappa shape index (κ3) is 5.30. The first kappa shape index (κ1) is 16.3. The predicted molar refractivity (Wildman–Crippen MR) is 91.1 cm³/mol. The van der Waals surface area contributed by atoms with Gasteiger partial charge in [0.05, 0.1) is 5.01 Å². The van der Waals surface area contributed by atoms with E-state index in [0.717, 1.165) is 43.6 Å².